The predicted molar refractivity (Wildman–Crippen MR) is 78.9 cm³/mol. The number of amides is 1. The van der Waals surface area contributed by atoms with Crippen molar-refractivity contribution >= 4 is 29.0 Å². The Bertz CT molecular complexity index is 662. The number of anilines is 1. The van der Waals surface area contributed by atoms with Crippen LogP contribution in [0, 0.1) is 15.9 Å². The molecule has 0 saturated heterocycles. The molecular formula is C14H11FN2O3S. The molecule has 0 fully saturated rings. The minimum Gasteiger partial charge on any atom is -0.325 e. The third-order valence-electron chi connectivity index (χ3n) is 2.56. The third-order valence-corrected chi connectivity index (χ3v) is 3.61. The molecule has 7 heteroatoms. The largest absolute Gasteiger partial charge is 0.325 e. The molecule has 21 heavy (non-hydrogen) atoms. The number of thioether (sulfide) groups is 1. The zero-order chi connectivity index (χ0) is 15.2. The Labute approximate surface area is 124 Å². The zero-order valence-electron chi connectivity index (χ0n) is 10.8. The van der Waals surface area contributed by atoms with Gasteiger partial charge in [0.15, 0.2) is 0 Å². The number of non-ortho nitro benzene ring substituents is 1. The molecule has 0 radical (unpaired) electrons. The fraction of sp³-hybridized carbons (Fsp3) is 0.0714. The van der Waals surface area contributed by atoms with Gasteiger partial charge in [0.1, 0.15) is 5.82 Å². The van der Waals surface area contributed by atoms with Crippen LogP contribution in [0.4, 0.5) is 15.8 Å². The summed E-state index contributed by atoms with van der Waals surface area (Å²) < 4.78 is 13.4. The minimum atomic E-state index is -0.514. The fourth-order valence-corrected chi connectivity index (χ4v) is 2.31. The van der Waals surface area contributed by atoms with Crippen LogP contribution in [0.1, 0.15) is 0 Å². The highest BCUT2D eigenvalue weighted by Gasteiger charge is 2.08. The molecule has 0 saturated carbocycles. The van der Waals surface area contributed by atoms with Gasteiger partial charge >= 0.3 is 0 Å². The molecule has 2 aromatic carbocycles. The standard InChI is InChI=1S/C14H11FN2O3S/c15-12-3-1-2-4-13(12)21-9-14(18)16-10-5-7-11(8-6-10)17(19)20/h1-8H,9H2,(H,16,18). The molecule has 0 heterocycles. The first-order valence-corrected chi connectivity index (χ1v) is 6.96. The molecule has 108 valence electrons. The van der Waals surface area contributed by atoms with Crippen LogP contribution < -0.4 is 5.32 Å². The fourth-order valence-electron chi connectivity index (χ4n) is 1.57. The van der Waals surface area contributed by atoms with Gasteiger partial charge in [-0.25, -0.2) is 4.39 Å². The van der Waals surface area contributed by atoms with Crippen molar-refractivity contribution in [3.63, 3.8) is 0 Å². The quantitative estimate of drug-likeness (QED) is 0.521. The van der Waals surface area contributed by atoms with Crippen LogP contribution in [0.3, 0.4) is 0 Å². The smallest absolute Gasteiger partial charge is 0.269 e. The van der Waals surface area contributed by atoms with E-state index in [1.807, 2.05) is 0 Å². The van der Waals surface area contributed by atoms with E-state index in [1.54, 1.807) is 18.2 Å². The summed E-state index contributed by atoms with van der Waals surface area (Å²) in [5.74, 6) is -0.625. The average Bonchev–Trinajstić information content (AvgIpc) is 2.47. The summed E-state index contributed by atoms with van der Waals surface area (Å²) in [4.78, 5) is 22.1. The van der Waals surface area contributed by atoms with Crippen molar-refractivity contribution in [1.29, 1.82) is 0 Å². The van der Waals surface area contributed by atoms with E-state index in [2.05, 4.69) is 5.32 Å². The van der Waals surface area contributed by atoms with Gasteiger partial charge in [0.2, 0.25) is 5.91 Å². The van der Waals surface area contributed by atoms with Crippen molar-refractivity contribution < 1.29 is 14.1 Å². The monoisotopic (exact) mass is 306 g/mol. The highest BCUT2D eigenvalue weighted by molar-refractivity contribution is 8.00. The SMILES string of the molecule is O=C(CSc1ccccc1F)Nc1ccc([N+](=O)[O-])cc1. The van der Waals surface area contributed by atoms with E-state index in [0.717, 1.165) is 11.8 Å². The summed E-state index contributed by atoms with van der Waals surface area (Å²) in [7, 11) is 0. The summed E-state index contributed by atoms with van der Waals surface area (Å²) in [6.45, 7) is 0. The molecule has 0 aliphatic heterocycles. The number of hydrogen-bond donors (Lipinski definition) is 1. The summed E-state index contributed by atoms with van der Waals surface area (Å²) in [5, 5.41) is 13.1. The van der Waals surface area contributed by atoms with Gasteiger partial charge in [-0.05, 0) is 24.3 Å². The summed E-state index contributed by atoms with van der Waals surface area (Å²) >= 11 is 1.09. The number of benzene rings is 2. The van der Waals surface area contributed by atoms with E-state index in [4.69, 9.17) is 0 Å². The molecule has 0 bridgehead atoms. The maximum absolute atomic E-state index is 13.4. The van der Waals surface area contributed by atoms with Crippen molar-refractivity contribution in [2.75, 3.05) is 11.1 Å². The molecule has 0 aliphatic carbocycles. The molecule has 5 nitrogen and oxygen atoms in total. The normalized spacial score (nSPS) is 10.1. The maximum Gasteiger partial charge on any atom is 0.269 e. The number of hydrogen-bond acceptors (Lipinski definition) is 4. The van der Waals surface area contributed by atoms with Crippen molar-refractivity contribution in [3.8, 4) is 0 Å². The molecular weight excluding hydrogens is 295 g/mol. The first-order valence-electron chi connectivity index (χ1n) is 5.98. The second-order valence-corrected chi connectivity index (χ2v) is 5.09. The Morgan fingerprint density at radius 3 is 2.48 bits per heavy atom. The third kappa shape index (κ3) is 4.28. The highest BCUT2D eigenvalue weighted by atomic mass is 32.2. The van der Waals surface area contributed by atoms with Gasteiger partial charge in [-0.15, -0.1) is 11.8 Å². The van der Waals surface area contributed by atoms with Gasteiger partial charge in [-0.1, -0.05) is 12.1 Å². The van der Waals surface area contributed by atoms with Crippen LogP contribution in [0.5, 0.6) is 0 Å². The molecule has 2 rings (SSSR count). The average molecular weight is 306 g/mol. The van der Waals surface area contributed by atoms with Crippen LogP contribution in [0.15, 0.2) is 53.4 Å². The Kier molecular flexibility index (Phi) is 4.89. The highest BCUT2D eigenvalue weighted by Crippen LogP contribution is 2.21. The van der Waals surface area contributed by atoms with Crippen molar-refractivity contribution in [3.05, 3.63) is 64.5 Å². The lowest BCUT2D eigenvalue weighted by molar-refractivity contribution is -0.384. The number of nitro benzene ring substituents is 1. The number of nitrogens with zero attached hydrogens (tertiary/aromatic N) is 1. The summed E-state index contributed by atoms with van der Waals surface area (Å²) in [6.07, 6.45) is 0. The van der Waals surface area contributed by atoms with Crippen molar-refractivity contribution in [1.82, 2.24) is 0 Å². The van der Waals surface area contributed by atoms with Gasteiger partial charge in [0, 0.05) is 22.7 Å². The van der Waals surface area contributed by atoms with Crippen molar-refractivity contribution in [2.24, 2.45) is 0 Å². The van der Waals surface area contributed by atoms with Gasteiger partial charge in [-0.2, -0.15) is 0 Å². The number of carbonyl (C=O) groups excluding carboxylic acids is 1. The van der Waals surface area contributed by atoms with Gasteiger partial charge in [-0.3, -0.25) is 14.9 Å². The van der Waals surface area contributed by atoms with E-state index >= 15 is 0 Å². The molecule has 0 atom stereocenters. The Morgan fingerprint density at radius 1 is 1.19 bits per heavy atom. The number of halogens is 1. The summed E-state index contributed by atoms with van der Waals surface area (Å²) in [5.41, 5.74) is 0.411. The molecule has 2 aromatic rings. The minimum absolute atomic E-state index is 0.0475. The first kappa shape index (κ1) is 15.0. The topological polar surface area (TPSA) is 72.2 Å². The van der Waals surface area contributed by atoms with E-state index in [0.29, 0.717) is 10.6 Å². The van der Waals surface area contributed by atoms with Gasteiger partial charge < -0.3 is 5.32 Å². The first-order chi connectivity index (χ1) is 10.1. The van der Waals surface area contributed by atoms with Crippen molar-refractivity contribution in [2.45, 2.75) is 4.90 Å². The Balaban J connectivity index is 1.90. The van der Waals surface area contributed by atoms with Crippen LogP contribution in [-0.4, -0.2) is 16.6 Å². The number of nitro groups is 1. The van der Waals surface area contributed by atoms with E-state index in [9.17, 15) is 19.3 Å². The molecule has 1 amide bonds. The summed E-state index contributed by atoms with van der Waals surface area (Å²) in [6, 6.07) is 11.7. The van der Waals surface area contributed by atoms with Crippen LogP contribution in [-0.2, 0) is 4.79 Å². The number of carbonyl (C=O) groups is 1. The lowest BCUT2D eigenvalue weighted by Gasteiger charge is -2.05. The van der Waals surface area contributed by atoms with Crippen LogP contribution >= 0.6 is 11.8 Å². The number of rotatable bonds is 5. The molecule has 0 unspecified atom stereocenters. The lowest BCUT2D eigenvalue weighted by Crippen LogP contribution is -2.14. The predicted octanol–water partition coefficient (Wildman–Crippen LogP) is 3.46. The maximum atomic E-state index is 13.4. The van der Waals surface area contributed by atoms with Crippen LogP contribution in [0.2, 0.25) is 0 Å². The lowest BCUT2D eigenvalue weighted by atomic mass is 10.3. The Hall–Kier alpha value is -2.41. The molecule has 1 N–H and O–H groups in total. The second kappa shape index (κ2) is 6.85. The molecule has 0 aromatic heterocycles. The van der Waals surface area contributed by atoms with E-state index in [-0.39, 0.29) is 23.2 Å². The van der Waals surface area contributed by atoms with Crippen LogP contribution in [0.25, 0.3) is 0 Å². The molecule has 0 aliphatic rings. The molecule has 0 spiro atoms. The zero-order valence-corrected chi connectivity index (χ0v) is 11.6. The second-order valence-electron chi connectivity index (χ2n) is 4.07. The van der Waals surface area contributed by atoms with E-state index < -0.39 is 4.92 Å². The Morgan fingerprint density at radius 2 is 1.86 bits per heavy atom. The number of nitrogens with one attached hydrogen (secondary N) is 1. The van der Waals surface area contributed by atoms with Gasteiger partial charge in [0.05, 0.1) is 10.7 Å². The van der Waals surface area contributed by atoms with Gasteiger partial charge in [0.25, 0.3) is 5.69 Å². The van der Waals surface area contributed by atoms with E-state index in [1.165, 1.54) is 30.3 Å².